The molecule has 3 heteroatoms. The van der Waals surface area contributed by atoms with Crippen LogP contribution in [-0.2, 0) is 6.42 Å². The molecule has 1 N–H and O–H groups in total. The summed E-state index contributed by atoms with van der Waals surface area (Å²) in [4.78, 5) is 2.45. The van der Waals surface area contributed by atoms with Crippen LogP contribution in [0.2, 0.25) is 0 Å². The van der Waals surface area contributed by atoms with Gasteiger partial charge in [0, 0.05) is 6.54 Å². The molecule has 0 spiro atoms. The van der Waals surface area contributed by atoms with E-state index < -0.39 is 0 Å². The first-order valence-electron chi connectivity index (χ1n) is 8.35. The smallest absolute Gasteiger partial charge is 0.143 e. The maximum Gasteiger partial charge on any atom is 0.143 e. The zero-order chi connectivity index (χ0) is 14.9. The molecule has 116 valence electrons. The van der Waals surface area contributed by atoms with E-state index in [-0.39, 0.29) is 5.60 Å². The van der Waals surface area contributed by atoms with E-state index in [0.717, 1.165) is 24.8 Å². The largest absolute Gasteiger partial charge is 0.484 e. The molecule has 21 heavy (non-hydrogen) atoms. The molecule has 2 heterocycles. The number of benzene rings is 1. The highest BCUT2D eigenvalue weighted by molar-refractivity contribution is 5.62. The molecule has 1 fully saturated rings. The van der Waals surface area contributed by atoms with Gasteiger partial charge in [-0.25, -0.2) is 0 Å². The van der Waals surface area contributed by atoms with E-state index in [9.17, 15) is 0 Å². The number of hydrogen-bond donors (Lipinski definition) is 1. The van der Waals surface area contributed by atoms with Crippen molar-refractivity contribution in [1.82, 2.24) is 5.32 Å². The molecule has 3 nitrogen and oxygen atoms in total. The Balaban J connectivity index is 1.79. The molecule has 0 amide bonds. The molecule has 1 aromatic rings. The minimum Gasteiger partial charge on any atom is -0.484 e. The fourth-order valence-corrected chi connectivity index (χ4v) is 3.60. The Morgan fingerprint density at radius 1 is 1.29 bits per heavy atom. The second-order valence-corrected chi connectivity index (χ2v) is 7.08. The highest BCUT2D eigenvalue weighted by Crippen LogP contribution is 2.38. The summed E-state index contributed by atoms with van der Waals surface area (Å²) in [5.74, 6) is 1.88. The van der Waals surface area contributed by atoms with Gasteiger partial charge >= 0.3 is 0 Å². The third-order valence-corrected chi connectivity index (χ3v) is 4.69. The molecular weight excluding hydrogens is 260 g/mol. The number of nitrogens with zero attached hydrogens (tertiary/aromatic N) is 1. The molecule has 2 aliphatic rings. The standard InChI is InChI=1S/C18H28N2O/c1-4-20-13-18(2,3)21-17-6-5-15(12-16(17)20)11-14-7-9-19-10-8-14/h5-6,12,14,19H,4,7-11,13H2,1-3H3. The molecule has 1 saturated heterocycles. The zero-order valence-corrected chi connectivity index (χ0v) is 13.6. The van der Waals surface area contributed by atoms with Crippen LogP contribution in [-0.4, -0.2) is 31.8 Å². The highest BCUT2D eigenvalue weighted by Gasteiger charge is 2.31. The Labute approximate surface area is 128 Å². The lowest BCUT2D eigenvalue weighted by molar-refractivity contribution is 0.105. The number of piperidine rings is 1. The van der Waals surface area contributed by atoms with E-state index in [0.29, 0.717) is 0 Å². The lowest BCUT2D eigenvalue weighted by atomic mass is 9.90. The fraction of sp³-hybridized carbons (Fsp3) is 0.667. The van der Waals surface area contributed by atoms with Crippen molar-refractivity contribution < 1.29 is 4.74 Å². The van der Waals surface area contributed by atoms with Crippen LogP contribution < -0.4 is 15.0 Å². The van der Waals surface area contributed by atoms with Gasteiger partial charge in [0.1, 0.15) is 11.4 Å². The van der Waals surface area contributed by atoms with Crippen LogP contribution in [0.3, 0.4) is 0 Å². The van der Waals surface area contributed by atoms with Gasteiger partial charge in [-0.05, 0) is 76.7 Å². The summed E-state index contributed by atoms with van der Waals surface area (Å²) in [5.41, 5.74) is 2.64. The Kier molecular flexibility index (Phi) is 4.12. The van der Waals surface area contributed by atoms with Gasteiger partial charge in [0.05, 0.1) is 12.2 Å². The van der Waals surface area contributed by atoms with Crippen molar-refractivity contribution in [3.63, 3.8) is 0 Å². The van der Waals surface area contributed by atoms with Gasteiger partial charge in [-0.2, -0.15) is 0 Å². The van der Waals surface area contributed by atoms with E-state index in [1.807, 2.05) is 0 Å². The van der Waals surface area contributed by atoms with Gasteiger partial charge in [0.25, 0.3) is 0 Å². The summed E-state index contributed by atoms with van der Waals surface area (Å²) in [6.07, 6.45) is 3.81. The van der Waals surface area contributed by atoms with Gasteiger partial charge in [0.2, 0.25) is 0 Å². The van der Waals surface area contributed by atoms with Crippen molar-refractivity contribution in [1.29, 1.82) is 0 Å². The number of likely N-dealkylation sites (N-methyl/N-ethyl adjacent to an activating group) is 1. The van der Waals surface area contributed by atoms with Gasteiger partial charge in [0.15, 0.2) is 0 Å². The lowest BCUT2D eigenvalue weighted by Gasteiger charge is -2.40. The monoisotopic (exact) mass is 288 g/mol. The number of anilines is 1. The lowest BCUT2D eigenvalue weighted by Crippen LogP contribution is -2.46. The Morgan fingerprint density at radius 2 is 2.05 bits per heavy atom. The van der Waals surface area contributed by atoms with Crippen molar-refractivity contribution in [3.8, 4) is 5.75 Å². The maximum atomic E-state index is 6.14. The van der Waals surface area contributed by atoms with Crippen LogP contribution in [0.4, 0.5) is 5.69 Å². The molecular formula is C18H28N2O. The molecule has 0 aliphatic carbocycles. The summed E-state index contributed by atoms with van der Waals surface area (Å²) >= 11 is 0. The molecule has 0 unspecified atom stereocenters. The average Bonchev–Trinajstić information content (AvgIpc) is 2.47. The minimum atomic E-state index is -0.0977. The van der Waals surface area contributed by atoms with Crippen molar-refractivity contribution in [2.45, 2.75) is 45.6 Å². The van der Waals surface area contributed by atoms with E-state index in [1.54, 1.807) is 0 Å². The number of rotatable bonds is 3. The van der Waals surface area contributed by atoms with Crippen molar-refractivity contribution in [2.75, 3.05) is 31.1 Å². The molecule has 0 radical (unpaired) electrons. The number of nitrogens with one attached hydrogen (secondary N) is 1. The minimum absolute atomic E-state index is 0.0977. The van der Waals surface area contributed by atoms with Crippen LogP contribution in [0, 0.1) is 5.92 Å². The van der Waals surface area contributed by atoms with Crippen molar-refractivity contribution >= 4 is 5.69 Å². The molecule has 0 saturated carbocycles. The number of hydrogen-bond acceptors (Lipinski definition) is 3. The second kappa shape index (κ2) is 5.88. The first-order chi connectivity index (χ1) is 10.1. The summed E-state index contributed by atoms with van der Waals surface area (Å²) in [5, 5.41) is 3.45. The molecule has 1 aromatic carbocycles. The van der Waals surface area contributed by atoms with Gasteiger partial charge < -0.3 is 15.0 Å². The summed E-state index contributed by atoms with van der Waals surface area (Å²) in [7, 11) is 0. The highest BCUT2D eigenvalue weighted by atomic mass is 16.5. The molecule has 3 rings (SSSR count). The summed E-state index contributed by atoms with van der Waals surface area (Å²) in [6, 6.07) is 6.79. The molecule has 2 aliphatic heterocycles. The Bertz CT molecular complexity index is 492. The third-order valence-electron chi connectivity index (χ3n) is 4.69. The molecule has 0 bridgehead atoms. The Morgan fingerprint density at radius 3 is 2.76 bits per heavy atom. The van der Waals surface area contributed by atoms with E-state index in [4.69, 9.17) is 4.74 Å². The van der Waals surface area contributed by atoms with Crippen LogP contribution in [0.15, 0.2) is 18.2 Å². The SMILES string of the molecule is CCN1CC(C)(C)Oc2ccc(CC3CCNCC3)cc21. The summed E-state index contributed by atoms with van der Waals surface area (Å²) < 4.78 is 6.14. The van der Waals surface area contributed by atoms with Gasteiger partial charge in [-0.1, -0.05) is 6.07 Å². The van der Waals surface area contributed by atoms with Crippen molar-refractivity contribution in [3.05, 3.63) is 23.8 Å². The maximum absolute atomic E-state index is 6.14. The molecule has 0 atom stereocenters. The quantitative estimate of drug-likeness (QED) is 0.924. The van der Waals surface area contributed by atoms with Crippen LogP contribution >= 0.6 is 0 Å². The van der Waals surface area contributed by atoms with Crippen LogP contribution in [0.25, 0.3) is 0 Å². The second-order valence-electron chi connectivity index (χ2n) is 7.08. The fourth-order valence-electron chi connectivity index (χ4n) is 3.60. The van der Waals surface area contributed by atoms with E-state index in [1.165, 1.54) is 43.6 Å². The number of fused-ring (bicyclic) bond motifs is 1. The van der Waals surface area contributed by atoms with E-state index >= 15 is 0 Å². The van der Waals surface area contributed by atoms with Crippen molar-refractivity contribution in [2.24, 2.45) is 5.92 Å². The topological polar surface area (TPSA) is 24.5 Å². The first kappa shape index (κ1) is 14.7. The predicted octanol–water partition coefficient (Wildman–Crippen LogP) is 3.23. The normalized spacial score (nSPS) is 21.8. The predicted molar refractivity (Wildman–Crippen MR) is 88.3 cm³/mol. The van der Waals surface area contributed by atoms with Gasteiger partial charge in [-0.15, -0.1) is 0 Å². The Hall–Kier alpha value is -1.22. The summed E-state index contributed by atoms with van der Waals surface area (Å²) in [6.45, 7) is 10.9. The van der Waals surface area contributed by atoms with Gasteiger partial charge in [-0.3, -0.25) is 0 Å². The van der Waals surface area contributed by atoms with Crippen LogP contribution in [0.1, 0.15) is 39.2 Å². The van der Waals surface area contributed by atoms with Crippen LogP contribution in [0.5, 0.6) is 5.75 Å². The average molecular weight is 288 g/mol. The van der Waals surface area contributed by atoms with E-state index in [2.05, 4.69) is 49.2 Å². The zero-order valence-electron chi connectivity index (χ0n) is 13.6. The first-order valence-corrected chi connectivity index (χ1v) is 8.35. The third kappa shape index (κ3) is 3.34. The molecule has 0 aromatic heterocycles. The number of ether oxygens (including phenoxy) is 1.